The number of aromatic nitrogens is 1. The molecule has 1 aliphatic heterocycles. The van der Waals surface area contributed by atoms with Gasteiger partial charge in [-0.15, -0.1) is 11.3 Å². The van der Waals surface area contributed by atoms with Crippen molar-refractivity contribution in [1.82, 2.24) is 9.88 Å². The molecule has 200 valence electrons. The third-order valence-electron chi connectivity index (χ3n) is 5.63. The van der Waals surface area contributed by atoms with E-state index in [1.165, 1.54) is 17.4 Å². The molecule has 10 heteroatoms. The number of benzene rings is 1. The number of halogens is 3. The molecule has 1 N–H and O–H groups in total. The largest absolute Gasteiger partial charge is 0.491 e. The molecule has 0 saturated carbocycles. The van der Waals surface area contributed by atoms with E-state index in [1.807, 2.05) is 31.5 Å². The molecule has 0 bridgehead atoms. The Morgan fingerprint density at radius 1 is 1.22 bits per heavy atom. The van der Waals surface area contributed by atoms with Crippen LogP contribution in [0.15, 0.2) is 29.4 Å². The van der Waals surface area contributed by atoms with Crippen LogP contribution in [0.2, 0.25) is 0 Å². The average Bonchev–Trinajstić information content (AvgIpc) is 3.40. The summed E-state index contributed by atoms with van der Waals surface area (Å²) < 4.78 is 53.7. The van der Waals surface area contributed by atoms with Gasteiger partial charge in [0.1, 0.15) is 12.4 Å². The number of amides is 1. The second-order valence-corrected chi connectivity index (χ2v) is 12.1. The van der Waals surface area contributed by atoms with E-state index in [0.717, 1.165) is 29.9 Å². The van der Waals surface area contributed by atoms with Gasteiger partial charge < -0.3 is 19.4 Å². The number of carbonyl (C=O) groups excluding carboxylic acids is 1. The van der Waals surface area contributed by atoms with E-state index in [0.29, 0.717) is 24.5 Å². The molecule has 36 heavy (non-hydrogen) atoms. The minimum absolute atomic E-state index is 0.0178. The van der Waals surface area contributed by atoms with E-state index >= 15 is 0 Å². The summed E-state index contributed by atoms with van der Waals surface area (Å²) in [6, 6.07) is 2.93. The van der Waals surface area contributed by atoms with Crippen molar-refractivity contribution in [3.05, 3.63) is 45.2 Å². The van der Waals surface area contributed by atoms with Crippen molar-refractivity contribution in [3.8, 4) is 5.75 Å². The van der Waals surface area contributed by atoms with Gasteiger partial charge in [0.2, 0.25) is 0 Å². The Hall–Kier alpha value is -2.17. The minimum atomic E-state index is -4.59. The van der Waals surface area contributed by atoms with Crippen LogP contribution in [0.3, 0.4) is 0 Å². The number of thiazole rings is 1. The van der Waals surface area contributed by atoms with E-state index in [1.54, 1.807) is 0 Å². The Bertz CT molecular complexity index is 1120. The van der Waals surface area contributed by atoms with Crippen LogP contribution in [0.25, 0.3) is 0 Å². The summed E-state index contributed by atoms with van der Waals surface area (Å²) in [6.45, 7) is 14.1. The smallest absolute Gasteiger partial charge is 0.416 e. The quantitative estimate of drug-likeness (QED) is 0.480. The van der Waals surface area contributed by atoms with Crippen LogP contribution >= 0.6 is 11.3 Å². The molecule has 3 rings (SSSR count). The van der Waals surface area contributed by atoms with Crippen LogP contribution in [0.5, 0.6) is 5.75 Å². The van der Waals surface area contributed by atoms with E-state index in [4.69, 9.17) is 9.47 Å². The van der Waals surface area contributed by atoms with Crippen molar-refractivity contribution in [2.24, 2.45) is 4.99 Å². The van der Waals surface area contributed by atoms with Gasteiger partial charge in [-0.25, -0.2) is 0 Å². The van der Waals surface area contributed by atoms with Gasteiger partial charge in [-0.2, -0.15) is 18.2 Å². The second-order valence-electron chi connectivity index (χ2n) is 11.1. The second kappa shape index (κ2) is 11.1. The number of hydrogen-bond acceptors (Lipinski definition) is 5. The lowest BCUT2D eigenvalue weighted by Crippen LogP contribution is -2.38. The number of carbonyl (C=O) groups is 1. The van der Waals surface area contributed by atoms with Crippen molar-refractivity contribution in [2.45, 2.75) is 84.2 Å². The van der Waals surface area contributed by atoms with Crippen molar-refractivity contribution in [1.29, 1.82) is 0 Å². The Morgan fingerprint density at radius 3 is 2.53 bits per heavy atom. The van der Waals surface area contributed by atoms with Gasteiger partial charge in [-0.05, 0) is 57.2 Å². The van der Waals surface area contributed by atoms with Crippen molar-refractivity contribution < 1.29 is 27.4 Å². The summed E-state index contributed by atoms with van der Waals surface area (Å²) in [5.41, 5.74) is -1.45. The molecule has 2 heterocycles. The first-order valence-corrected chi connectivity index (χ1v) is 13.0. The number of hydrogen-bond donors (Lipinski definition) is 1. The topological polar surface area (TPSA) is 64.8 Å². The number of alkyl halides is 3. The van der Waals surface area contributed by atoms with Crippen LogP contribution in [-0.4, -0.2) is 41.9 Å². The van der Waals surface area contributed by atoms with Gasteiger partial charge in [0.05, 0.1) is 23.8 Å². The fraction of sp³-hybridized carbons (Fsp3) is 0.615. The molecule has 1 aromatic heterocycles. The molecule has 2 aromatic rings. The molecule has 1 atom stereocenters. The Balaban J connectivity index is 1.97. The minimum Gasteiger partial charge on any atom is -0.491 e. The maximum absolute atomic E-state index is 13.4. The standard InChI is InChI=1S/C26H36F3N3O3S/c1-24(2,3)21-16-32(15-18-8-7-12-34-18)23(36-21)31-22(33)19-14-17(26(27,28)29)9-10-20(19)35-13-11-30-25(4,5)6/h9-10,14,16,18,30H,7-8,11-13,15H2,1-6H3/b31-23-/t18-/m1/s1. The fourth-order valence-electron chi connectivity index (χ4n) is 3.69. The maximum Gasteiger partial charge on any atom is 0.416 e. The van der Waals surface area contributed by atoms with E-state index in [-0.39, 0.29) is 35.0 Å². The molecule has 6 nitrogen and oxygen atoms in total. The Labute approximate surface area is 214 Å². The summed E-state index contributed by atoms with van der Waals surface area (Å²) in [5.74, 6) is -0.700. The van der Waals surface area contributed by atoms with Gasteiger partial charge in [-0.1, -0.05) is 20.8 Å². The van der Waals surface area contributed by atoms with Crippen molar-refractivity contribution in [2.75, 3.05) is 19.8 Å². The highest BCUT2D eigenvalue weighted by Crippen LogP contribution is 2.33. The maximum atomic E-state index is 13.4. The summed E-state index contributed by atoms with van der Waals surface area (Å²) >= 11 is 1.36. The monoisotopic (exact) mass is 527 g/mol. The van der Waals surface area contributed by atoms with Gasteiger partial charge in [-0.3, -0.25) is 4.79 Å². The molecular weight excluding hydrogens is 491 g/mol. The van der Waals surface area contributed by atoms with Crippen molar-refractivity contribution in [3.63, 3.8) is 0 Å². The highest BCUT2D eigenvalue weighted by molar-refractivity contribution is 7.09. The van der Waals surface area contributed by atoms with E-state index in [9.17, 15) is 18.0 Å². The molecule has 1 aromatic carbocycles. The molecule has 1 aliphatic rings. The molecule has 0 spiro atoms. The molecule has 1 fully saturated rings. The highest BCUT2D eigenvalue weighted by atomic mass is 32.1. The predicted octanol–water partition coefficient (Wildman–Crippen LogP) is 5.55. The van der Waals surface area contributed by atoms with Gasteiger partial charge in [0.15, 0.2) is 4.80 Å². The Morgan fingerprint density at radius 2 is 1.94 bits per heavy atom. The zero-order chi connectivity index (χ0) is 26.7. The molecular formula is C26H36F3N3O3S. The zero-order valence-corrected chi connectivity index (χ0v) is 22.6. The number of nitrogens with zero attached hydrogens (tertiary/aromatic N) is 2. The normalized spacial score (nSPS) is 17.6. The molecule has 1 amide bonds. The summed E-state index contributed by atoms with van der Waals surface area (Å²) in [6.07, 6.45) is -0.731. The van der Waals surface area contributed by atoms with Crippen LogP contribution in [0.4, 0.5) is 13.2 Å². The van der Waals surface area contributed by atoms with Crippen molar-refractivity contribution >= 4 is 17.2 Å². The van der Waals surface area contributed by atoms with Crippen LogP contribution in [0, 0.1) is 0 Å². The first kappa shape index (κ1) is 28.4. The van der Waals surface area contributed by atoms with Gasteiger partial charge in [0.25, 0.3) is 5.91 Å². The lowest BCUT2D eigenvalue weighted by atomic mass is 9.95. The van der Waals surface area contributed by atoms with Crippen LogP contribution in [-0.2, 0) is 22.9 Å². The first-order chi connectivity index (χ1) is 16.6. The lowest BCUT2D eigenvalue weighted by molar-refractivity contribution is -0.137. The predicted molar refractivity (Wildman–Crippen MR) is 135 cm³/mol. The lowest BCUT2D eigenvalue weighted by Gasteiger charge is -2.21. The molecule has 0 unspecified atom stereocenters. The number of nitrogens with one attached hydrogen (secondary N) is 1. The highest BCUT2D eigenvalue weighted by Gasteiger charge is 2.32. The van der Waals surface area contributed by atoms with Gasteiger partial charge >= 0.3 is 6.18 Å². The SMILES string of the molecule is CC(C)(C)NCCOc1ccc(C(F)(F)F)cc1C(=O)/N=c1\sc(C(C)(C)C)cn1C[C@H]1CCCO1. The zero-order valence-electron chi connectivity index (χ0n) is 21.8. The van der Waals surface area contributed by atoms with Crippen LogP contribution < -0.4 is 14.9 Å². The summed E-state index contributed by atoms with van der Waals surface area (Å²) in [4.78, 5) is 19.0. The summed E-state index contributed by atoms with van der Waals surface area (Å²) in [7, 11) is 0. The summed E-state index contributed by atoms with van der Waals surface area (Å²) in [5, 5.41) is 3.25. The van der Waals surface area contributed by atoms with Gasteiger partial charge in [0, 0.05) is 29.8 Å². The molecule has 1 saturated heterocycles. The van der Waals surface area contributed by atoms with E-state index in [2.05, 4.69) is 31.1 Å². The van der Waals surface area contributed by atoms with E-state index < -0.39 is 17.6 Å². The average molecular weight is 528 g/mol. The van der Waals surface area contributed by atoms with Crippen LogP contribution in [0.1, 0.15) is 75.2 Å². The fourth-order valence-corrected chi connectivity index (χ4v) is 4.74. The number of rotatable bonds is 7. The number of ether oxygens (including phenoxy) is 2. The molecule has 0 aliphatic carbocycles. The third kappa shape index (κ3) is 7.91. The third-order valence-corrected chi connectivity index (χ3v) is 7.08. The molecule has 0 radical (unpaired) electrons. The Kier molecular flexibility index (Phi) is 8.73. The first-order valence-electron chi connectivity index (χ1n) is 12.1.